The molecule has 11 heavy (non-hydrogen) atoms. The minimum Gasteiger partial charge on any atom is -0.309 e. The van der Waals surface area contributed by atoms with E-state index in [2.05, 4.69) is 15.5 Å². The van der Waals surface area contributed by atoms with Crippen LogP contribution in [-0.2, 0) is 0 Å². The van der Waals surface area contributed by atoms with Crippen LogP contribution in [0.1, 0.15) is 24.6 Å². The van der Waals surface area contributed by atoms with E-state index in [1.54, 1.807) is 6.20 Å². The maximum absolute atomic E-state index is 4.05. The van der Waals surface area contributed by atoms with Crippen molar-refractivity contribution in [1.29, 1.82) is 0 Å². The van der Waals surface area contributed by atoms with Crippen LogP contribution in [0.2, 0.25) is 0 Å². The van der Waals surface area contributed by atoms with E-state index in [9.17, 15) is 0 Å². The van der Waals surface area contributed by atoms with Crippen LogP contribution in [0.4, 0.5) is 0 Å². The van der Waals surface area contributed by atoms with Crippen molar-refractivity contribution in [2.45, 2.75) is 18.9 Å². The van der Waals surface area contributed by atoms with Crippen molar-refractivity contribution >= 4 is 0 Å². The molecule has 0 aromatic carbocycles. The van der Waals surface area contributed by atoms with E-state index in [0.29, 0.717) is 6.04 Å². The van der Waals surface area contributed by atoms with Gasteiger partial charge in [0.25, 0.3) is 0 Å². The average Bonchev–Trinajstić information content (AvgIpc) is 2.58. The highest BCUT2D eigenvalue weighted by Crippen LogP contribution is 2.19. The largest absolute Gasteiger partial charge is 0.309 e. The Morgan fingerprint density at radius 3 is 3.18 bits per heavy atom. The molecule has 1 fully saturated rings. The quantitative estimate of drug-likeness (QED) is 0.644. The number of hydrogen-bond donors (Lipinski definition) is 1. The molecule has 0 amide bonds. The Labute approximate surface area is 65.8 Å². The van der Waals surface area contributed by atoms with E-state index in [0.717, 1.165) is 12.2 Å². The second-order valence-electron chi connectivity index (χ2n) is 2.80. The maximum atomic E-state index is 4.05. The van der Waals surface area contributed by atoms with Gasteiger partial charge >= 0.3 is 0 Å². The first-order chi connectivity index (χ1) is 5.47. The molecular formula is C8H11N3. The molecule has 1 unspecified atom stereocenters. The Kier molecular flexibility index (Phi) is 1.81. The molecule has 2 heterocycles. The van der Waals surface area contributed by atoms with Gasteiger partial charge in [-0.15, -0.1) is 0 Å². The van der Waals surface area contributed by atoms with Crippen LogP contribution in [0, 0.1) is 0 Å². The van der Waals surface area contributed by atoms with Crippen molar-refractivity contribution in [3.8, 4) is 0 Å². The Morgan fingerprint density at radius 2 is 2.55 bits per heavy atom. The minimum atomic E-state index is 0.448. The summed E-state index contributed by atoms with van der Waals surface area (Å²) in [5.41, 5.74) is 1.07. The van der Waals surface area contributed by atoms with Crippen molar-refractivity contribution in [2.75, 3.05) is 6.54 Å². The van der Waals surface area contributed by atoms with Crippen LogP contribution in [0.3, 0.4) is 0 Å². The second-order valence-corrected chi connectivity index (χ2v) is 2.80. The van der Waals surface area contributed by atoms with Crippen molar-refractivity contribution in [3.05, 3.63) is 24.0 Å². The summed E-state index contributed by atoms with van der Waals surface area (Å²) in [4.78, 5) is 0. The summed E-state index contributed by atoms with van der Waals surface area (Å²) in [6.45, 7) is 1.11. The third-order valence-electron chi connectivity index (χ3n) is 2.01. The van der Waals surface area contributed by atoms with Crippen molar-refractivity contribution in [3.63, 3.8) is 0 Å². The summed E-state index contributed by atoms with van der Waals surface area (Å²) >= 11 is 0. The van der Waals surface area contributed by atoms with Gasteiger partial charge in [-0.3, -0.25) is 0 Å². The van der Waals surface area contributed by atoms with Crippen molar-refractivity contribution < 1.29 is 0 Å². The fraction of sp³-hybridized carbons (Fsp3) is 0.500. The smallest absolute Gasteiger partial charge is 0.0800 e. The lowest BCUT2D eigenvalue weighted by molar-refractivity contribution is 0.616. The molecule has 1 atom stereocenters. The third kappa shape index (κ3) is 1.38. The standard InChI is InChI=1S/C8H11N3/c1-3-7(9-5-1)8-4-2-6-10-11-8/h2,4,6-7,9H,1,3,5H2. The van der Waals surface area contributed by atoms with Crippen molar-refractivity contribution in [1.82, 2.24) is 15.5 Å². The summed E-state index contributed by atoms with van der Waals surface area (Å²) in [6.07, 6.45) is 4.15. The first-order valence-electron chi connectivity index (χ1n) is 3.98. The van der Waals surface area contributed by atoms with E-state index in [1.165, 1.54) is 12.8 Å². The van der Waals surface area contributed by atoms with Gasteiger partial charge in [0.2, 0.25) is 0 Å². The summed E-state index contributed by atoms with van der Waals surface area (Å²) in [5, 5.41) is 11.3. The minimum absolute atomic E-state index is 0.448. The number of nitrogens with zero attached hydrogens (tertiary/aromatic N) is 2. The molecule has 2 rings (SSSR count). The van der Waals surface area contributed by atoms with Gasteiger partial charge in [0.15, 0.2) is 0 Å². The van der Waals surface area contributed by atoms with Crippen molar-refractivity contribution in [2.24, 2.45) is 0 Å². The fourth-order valence-corrected chi connectivity index (χ4v) is 1.44. The van der Waals surface area contributed by atoms with E-state index in [4.69, 9.17) is 0 Å². The second kappa shape index (κ2) is 2.96. The summed E-state index contributed by atoms with van der Waals surface area (Å²) in [5.74, 6) is 0. The molecule has 1 aromatic rings. The van der Waals surface area contributed by atoms with Gasteiger partial charge < -0.3 is 5.32 Å². The SMILES string of the molecule is c1cnnc(C2CCCN2)c1. The lowest BCUT2D eigenvalue weighted by atomic mass is 10.1. The van der Waals surface area contributed by atoms with E-state index in [1.807, 2.05) is 12.1 Å². The molecule has 3 nitrogen and oxygen atoms in total. The highest BCUT2D eigenvalue weighted by Gasteiger charge is 2.16. The predicted molar refractivity (Wildman–Crippen MR) is 42.0 cm³/mol. The molecule has 1 aromatic heterocycles. The van der Waals surface area contributed by atoms with E-state index in [-0.39, 0.29) is 0 Å². The molecule has 0 radical (unpaired) electrons. The highest BCUT2D eigenvalue weighted by atomic mass is 15.1. The zero-order chi connectivity index (χ0) is 7.52. The van der Waals surface area contributed by atoms with Gasteiger partial charge in [-0.1, -0.05) is 0 Å². The van der Waals surface area contributed by atoms with E-state index < -0.39 is 0 Å². The molecule has 58 valence electrons. The van der Waals surface area contributed by atoms with Gasteiger partial charge in [-0.2, -0.15) is 10.2 Å². The monoisotopic (exact) mass is 149 g/mol. The molecule has 0 saturated carbocycles. The Bertz CT molecular complexity index is 216. The fourth-order valence-electron chi connectivity index (χ4n) is 1.44. The van der Waals surface area contributed by atoms with Crippen LogP contribution in [0.15, 0.2) is 18.3 Å². The summed E-state index contributed by atoms with van der Waals surface area (Å²) in [7, 11) is 0. The van der Waals surface area contributed by atoms with Crippen LogP contribution >= 0.6 is 0 Å². The molecule has 0 bridgehead atoms. The number of nitrogens with one attached hydrogen (secondary N) is 1. The van der Waals surface area contributed by atoms with Gasteiger partial charge in [0.05, 0.1) is 11.7 Å². The normalized spacial score (nSPS) is 23.8. The van der Waals surface area contributed by atoms with Crippen LogP contribution in [-0.4, -0.2) is 16.7 Å². The first-order valence-corrected chi connectivity index (χ1v) is 3.98. The molecular weight excluding hydrogens is 138 g/mol. The lowest BCUT2D eigenvalue weighted by Gasteiger charge is -2.06. The van der Waals surface area contributed by atoms with Crippen LogP contribution in [0.5, 0.6) is 0 Å². The molecule has 1 N–H and O–H groups in total. The van der Waals surface area contributed by atoms with Gasteiger partial charge in [-0.25, -0.2) is 0 Å². The Balaban J connectivity index is 2.16. The molecule has 0 aliphatic carbocycles. The average molecular weight is 149 g/mol. The molecule has 3 heteroatoms. The van der Waals surface area contributed by atoms with Gasteiger partial charge in [0.1, 0.15) is 0 Å². The van der Waals surface area contributed by atoms with Crippen LogP contribution < -0.4 is 5.32 Å². The highest BCUT2D eigenvalue weighted by molar-refractivity contribution is 5.06. The summed E-state index contributed by atoms with van der Waals surface area (Å²) in [6, 6.07) is 4.40. The molecule has 0 spiro atoms. The third-order valence-corrected chi connectivity index (χ3v) is 2.01. The maximum Gasteiger partial charge on any atom is 0.0800 e. The topological polar surface area (TPSA) is 37.8 Å². The summed E-state index contributed by atoms with van der Waals surface area (Å²) < 4.78 is 0. The number of aromatic nitrogens is 2. The van der Waals surface area contributed by atoms with Crippen LogP contribution in [0.25, 0.3) is 0 Å². The molecule has 1 aliphatic heterocycles. The van der Waals surface area contributed by atoms with E-state index >= 15 is 0 Å². The van der Waals surface area contributed by atoms with Gasteiger partial charge in [-0.05, 0) is 31.5 Å². The Morgan fingerprint density at radius 1 is 1.55 bits per heavy atom. The zero-order valence-corrected chi connectivity index (χ0v) is 6.33. The van der Waals surface area contributed by atoms with Gasteiger partial charge in [0, 0.05) is 6.20 Å². The number of rotatable bonds is 1. The lowest BCUT2D eigenvalue weighted by Crippen LogP contribution is -2.14. The first kappa shape index (κ1) is 6.73. The zero-order valence-electron chi connectivity index (χ0n) is 6.33. The number of hydrogen-bond acceptors (Lipinski definition) is 3. The Hall–Kier alpha value is -0.960. The molecule has 1 saturated heterocycles. The molecule has 1 aliphatic rings. The predicted octanol–water partition coefficient (Wildman–Crippen LogP) is 0.901.